The van der Waals surface area contributed by atoms with Crippen molar-refractivity contribution in [3.63, 3.8) is 0 Å². The van der Waals surface area contributed by atoms with Crippen LogP contribution in [0.1, 0.15) is 101 Å². The van der Waals surface area contributed by atoms with Gasteiger partial charge in [0.25, 0.3) is 17.7 Å². The maximum atomic E-state index is 14.0. The number of hydrogen-bond donors (Lipinski definition) is 4. The molecule has 1 aliphatic heterocycles. The first-order valence-corrected chi connectivity index (χ1v) is 16.5. The van der Waals surface area contributed by atoms with Gasteiger partial charge in [-0.2, -0.15) is 0 Å². The maximum absolute atomic E-state index is 14.0. The average molecular weight is 679 g/mol. The standard InChI is InChI=1S/C33H39FN8O5S/c1-15(2)24-31-41-27(19(7)47-31)30(45)35-17(5)12-42(33(46)26-18(6)36-28(39-26)20-8-10-21(34)11-9-20)13-23(43)38-25(16(3)4)32-37-22(14-48-32)29(44)40-24/h8-11,14-17,24-25H,12-13H2,1-7H3,(H,35,45)(H,36,39)(H,38,43)(H,40,44)/t17-,24-,25+/m1/s1. The van der Waals surface area contributed by atoms with Crippen molar-refractivity contribution in [2.45, 2.75) is 66.6 Å². The number of oxazole rings is 1. The fraction of sp³-hybridized carbons (Fsp3) is 0.424. The number of benzene rings is 1. The Morgan fingerprint density at radius 2 is 1.65 bits per heavy atom. The van der Waals surface area contributed by atoms with E-state index in [1.54, 1.807) is 38.3 Å². The Hall–Kier alpha value is -4.92. The van der Waals surface area contributed by atoms with Crippen LogP contribution in [-0.4, -0.2) is 67.6 Å². The Kier molecular flexibility index (Phi) is 10.1. The van der Waals surface area contributed by atoms with Crippen molar-refractivity contribution >= 4 is 35.0 Å². The third-order valence-electron chi connectivity index (χ3n) is 7.95. The van der Waals surface area contributed by atoms with Crippen LogP contribution in [-0.2, 0) is 4.79 Å². The van der Waals surface area contributed by atoms with Crippen molar-refractivity contribution in [2.75, 3.05) is 13.1 Å². The molecule has 0 spiro atoms. The number of carbonyl (C=O) groups excluding carboxylic acids is 4. The van der Waals surface area contributed by atoms with Gasteiger partial charge in [0.2, 0.25) is 11.8 Å². The smallest absolute Gasteiger partial charge is 0.274 e. The van der Waals surface area contributed by atoms with E-state index in [0.29, 0.717) is 22.1 Å². The highest BCUT2D eigenvalue weighted by atomic mass is 32.1. The number of fused-ring (bicyclic) bond motifs is 4. The van der Waals surface area contributed by atoms with Crippen LogP contribution in [0.25, 0.3) is 11.4 Å². The van der Waals surface area contributed by atoms with Crippen LogP contribution in [0.3, 0.4) is 0 Å². The molecule has 4 heterocycles. The first-order chi connectivity index (χ1) is 22.7. The molecular formula is C33H39FN8O5S. The number of H-pyrrole nitrogens is 1. The molecule has 1 aromatic carbocycles. The molecule has 0 saturated heterocycles. The second kappa shape index (κ2) is 14.1. The molecule has 5 rings (SSSR count). The van der Waals surface area contributed by atoms with Crippen LogP contribution < -0.4 is 16.0 Å². The van der Waals surface area contributed by atoms with E-state index in [1.165, 1.54) is 28.4 Å². The fourth-order valence-corrected chi connectivity index (χ4v) is 6.40. The molecule has 0 radical (unpaired) electrons. The summed E-state index contributed by atoms with van der Waals surface area (Å²) in [5, 5.41) is 10.9. The first kappa shape index (κ1) is 34.4. The number of aryl methyl sites for hydroxylation is 2. The Bertz CT molecular complexity index is 1830. The van der Waals surface area contributed by atoms with E-state index in [2.05, 4.69) is 35.9 Å². The molecule has 3 atom stereocenters. The summed E-state index contributed by atoms with van der Waals surface area (Å²) in [6.07, 6.45) is 0. The molecule has 1 aliphatic rings. The Morgan fingerprint density at radius 3 is 2.31 bits per heavy atom. The van der Waals surface area contributed by atoms with E-state index in [4.69, 9.17) is 4.42 Å². The highest BCUT2D eigenvalue weighted by Crippen LogP contribution is 2.28. The largest absolute Gasteiger partial charge is 0.443 e. The lowest BCUT2D eigenvalue weighted by molar-refractivity contribution is -0.122. The van der Waals surface area contributed by atoms with Gasteiger partial charge in [-0.1, -0.05) is 27.7 Å². The molecule has 0 saturated carbocycles. The van der Waals surface area contributed by atoms with Gasteiger partial charge in [-0.05, 0) is 56.9 Å². The van der Waals surface area contributed by atoms with Crippen LogP contribution >= 0.6 is 11.3 Å². The van der Waals surface area contributed by atoms with Crippen molar-refractivity contribution in [1.82, 2.24) is 40.8 Å². The summed E-state index contributed by atoms with van der Waals surface area (Å²) in [6, 6.07) is 3.85. The minimum atomic E-state index is -0.648. The highest BCUT2D eigenvalue weighted by Gasteiger charge is 2.32. The zero-order valence-corrected chi connectivity index (χ0v) is 28.6. The number of carbonyl (C=O) groups is 4. The third-order valence-corrected chi connectivity index (χ3v) is 8.88. The summed E-state index contributed by atoms with van der Waals surface area (Å²) in [5.74, 6) is -1.84. The molecule has 3 aromatic heterocycles. The van der Waals surface area contributed by atoms with Gasteiger partial charge in [0.05, 0.1) is 12.6 Å². The summed E-state index contributed by atoms with van der Waals surface area (Å²) >= 11 is 1.24. The van der Waals surface area contributed by atoms with Crippen molar-refractivity contribution in [2.24, 2.45) is 11.8 Å². The number of halogens is 1. The van der Waals surface area contributed by atoms with Crippen LogP contribution in [0.4, 0.5) is 4.39 Å². The Labute approximate surface area is 281 Å². The number of thiazole rings is 1. The summed E-state index contributed by atoms with van der Waals surface area (Å²) in [6.45, 7) is 12.2. The van der Waals surface area contributed by atoms with E-state index in [-0.39, 0.29) is 53.7 Å². The molecule has 0 fully saturated rings. The Morgan fingerprint density at radius 1 is 0.958 bits per heavy atom. The number of imidazole rings is 1. The van der Waals surface area contributed by atoms with Gasteiger partial charge in [0, 0.05) is 29.2 Å². The number of aromatic nitrogens is 4. The lowest BCUT2D eigenvalue weighted by Crippen LogP contribution is -2.49. The molecule has 4 bridgehead atoms. The molecule has 13 nitrogen and oxygen atoms in total. The SMILES string of the molecule is Cc1[nH]c(-c2ccc(F)cc2)nc1C(=O)N1CC(=O)N[C@@H](C(C)C)c2nc(cs2)C(=O)N[C@H](C(C)C)c2nc(c(C)o2)C(=O)N[C@H](C)C1. The van der Waals surface area contributed by atoms with Gasteiger partial charge in [-0.25, -0.2) is 19.3 Å². The normalized spacial score (nSPS) is 19.5. The highest BCUT2D eigenvalue weighted by molar-refractivity contribution is 7.09. The zero-order valence-electron chi connectivity index (χ0n) is 27.8. The van der Waals surface area contributed by atoms with Crippen molar-refractivity contribution in [1.29, 1.82) is 0 Å². The van der Waals surface area contributed by atoms with Gasteiger partial charge in [-0.15, -0.1) is 11.3 Å². The summed E-state index contributed by atoms with van der Waals surface area (Å²) < 4.78 is 19.4. The minimum Gasteiger partial charge on any atom is -0.443 e. The molecular weight excluding hydrogens is 639 g/mol. The lowest BCUT2D eigenvalue weighted by atomic mass is 10.0. The predicted molar refractivity (Wildman–Crippen MR) is 176 cm³/mol. The second-order valence-corrected chi connectivity index (χ2v) is 13.5. The maximum Gasteiger partial charge on any atom is 0.274 e. The zero-order chi connectivity index (χ0) is 34.9. The van der Waals surface area contributed by atoms with Crippen LogP contribution in [0.5, 0.6) is 0 Å². The van der Waals surface area contributed by atoms with Crippen LogP contribution in [0, 0.1) is 31.5 Å². The van der Waals surface area contributed by atoms with Crippen LogP contribution in [0.2, 0.25) is 0 Å². The van der Waals surface area contributed by atoms with Gasteiger partial charge >= 0.3 is 0 Å². The summed E-state index contributed by atoms with van der Waals surface area (Å²) in [7, 11) is 0. The van der Waals surface area contributed by atoms with Gasteiger partial charge in [-0.3, -0.25) is 19.2 Å². The predicted octanol–water partition coefficient (Wildman–Crippen LogP) is 4.49. The molecule has 4 N–H and O–H groups in total. The van der Waals surface area contributed by atoms with Crippen molar-refractivity contribution in [3.05, 3.63) is 74.9 Å². The average Bonchev–Trinajstić information content (AvgIpc) is 3.76. The van der Waals surface area contributed by atoms with Gasteiger partial charge in [0.1, 0.15) is 39.8 Å². The Balaban J connectivity index is 1.51. The van der Waals surface area contributed by atoms with Gasteiger partial charge < -0.3 is 30.3 Å². The van der Waals surface area contributed by atoms with E-state index in [0.717, 1.165) is 0 Å². The number of nitrogens with one attached hydrogen (secondary N) is 4. The number of hydrogen-bond acceptors (Lipinski definition) is 9. The molecule has 48 heavy (non-hydrogen) atoms. The molecule has 15 heteroatoms. The molecule has 0 aliphatic carbocycles. The van der Waals surface area contributed by atoms with Gasteiger partial charge in [0.15, 0.2) is 5.69 Å². The first-order valence-electron chi connectivity index (χ1n) is 15.7. The lowest BCUT2D eigenvalue weighted by Gasteiger charge is -2.27. The second-order valence-electron chi connectivity index (χ2n) is 12.6. The van der Waals surface area contributed by atoms with Crippen LogP contribution in [0.15, 0.2) is 34.1 Å². The summed E-state index contributed by atoms with van der Waals surface area (Å²) in [5.41, 5.74) is 1.32. The minimum absolute atomic E-state index is 0.0382. The van der Waals surface area contributed by atoms with E-state index < -0.39 is 47.6 Å². The quantitative estimate of drug-likeness (QED) is 0.244. The number of rotatable bonds is 4. The molecule has 254 valence electrons. The molecule has 4 amide bonds. The summed E-state index contributed by atoms with van der Waals surface area (Å²) in [4.78, 5) is 72.2. The topological polar surface area (TPSA) is 175 Å². The van der Waals surface area contributed by atoms with Crippen molar-refractivity contribution in [3.8, 4) is 11.4 Å². The van der Waals surface area contributed by atoms with E-state index >= 15 is 0 Å². The van der Waals surface area contributed by atoms with E-state index in [9.17, 15) is 23.6 Å². The monoisotopic (exact) mass is 678 g/mol. The fourth-order valence-electron chi connectivity index (χ4n) is 5.38. The number of aromatic amines is 1. The number of amides is 4. The van der Waals surface area contributed by atoms with Crippen molar-refractivity contribution < 1.29 is 28.0 Å². The number of nitrogens with zero attached hydrogens (tertiary/aromatic N) is 4. The molecule has 0 unspecified atom stereocenters. The molecule has 4 aromatic rings. The third kappa shape index (κ3) is 7.46. The van der Waals surface area contributed by atoms with E-state index in [1.807, 2.05) is 27.7 Å².